The van der Waals surface area contributed by atoms with E-state index in [4.69, 9.17) is 11.6 Å². The molecule has 4 nitrogen and oxygen atoms in total. The monoisotopic (exact) mass is 218 g/mol. The molecule has 0 saturated carbocycles. The second-order valence-corrected chi connectivity index (χ2v) is 3.32. The molecule has 0 aromatic heterocycles. The molecule has 0 aliphatic rings. The van der Waals surface area contributed by atoms with Crippen LogP contribution >= 0.6 is 11.6 Å². The van der Waals surface area contributed by atoms with E-state index in [0.29, 0.717) is 11.6 Å². The van der Waals surface area contributed by atoms with Crippen LogP contribution in [0.25, 0.3) is 0 Å². The number of hydrogen-bond donors (Lipinski definition) is 1. The number of benzene rings is 1. The topological polar surface area (TPSA) is 58.5 Å². The predicted molar refractivity (Wildman–Crippen MR) is 49.6 cm³/mol. The molecule has 0 saturated heterocycles. The van der Waals surface area contributed by atoms with Crippen LogP contribution in [-0.2, 0) is 17.0 Å². The average Bonchev–Trinajstić information content (AvgIpc) is 2.08. The summed E-state index contributed by atoms with van der Waals surface area (Å²) in [6.07, 6.45) is 0. The van der Waals surface area contributed by atoms with E-state index in [2.05, 4.69) is 9.90 Å². The minimum atomic E-state index is -2.41. The number of hydrogen-bond acceptors (Lipinski definition) is 3. The van der Waals surface area contributed by atoms with Gasteiger partial charge < -0.3 is 0 Å². The van der Waals surface area contributed by atoms with Crippen LogP contribution in [0.5, 0.6) is 0 Å². The fourth-order valence-corrected chi connectivity index (χ4v) is 1.07. The van der Waals surface area contributed by atoms with Crippen molar-refractivity contribution in [2.75, 3.05) is 0 Å². The van der Waals surface area contributed by atoms with Crippen molar-refractivity contribution in [3.05, 3.63) is 34.9 Å². The van der Waals surface area contributed by atoms with E-state index in [9.17, 15) is 8.42 Å². The van der Waals surface area contributed by atoms with Crippen LogP contribution in [-0.4, -0.2) is 8.42 Å². The maximum atomic E-state index is 9.99. The van der Waals surface area contributed by atoms with Crippen molar-refractivity contribution in [1.82, 2.24) is 5.43 Å². The quantitative estimate of drug-likeness (QED) is 0.781. The van der Waals surface area contributed by atoms with E-state index in [0.717, 1.165) is 5.56 Å². The molecule has 0 bridgehead atoms. The van der Waals surface area contributed by atoms with Gasteiger partial charge in [0.25, 0.3) is 0 Å². The largest absolute Gasteiger partial charge is 0.327 e. The first kappa shape index (κ1) is 10.2. The zero-order chi connectivity index (χ0) is 9.68. The van der Waals surface area contributed by atoms with Crippen LogP contribution < -0.4 is 5.43 Å². The Kier molecular flexibility index (Phi) is 3.88. The number of rotatable bonds is 3. The van der Waals surface area contributed by atoms with E-state index in [1.54, 1.807) is 24.3 Å². The van der Waals surface area contributed by atoms with E-state index in [1.165, 1.54) is 0 Å². The Morgan fingerprint density at radius 3 is 2.46 bits per heavy atom. The molecule has 1 N–H and O–H groups in total. The second kappa shape index (κ2) is 4.96. The maximum Gasteiger partial charge on any atom is 0.327 e. The minimum Gasteiger partial charge on any atom is -0.194 e. The number of nitrogens with zero attached hydrogens (tertiary/aromatic N) is 1. The van der Waals surface area contributed by atoms with Gasteiger partial charge in [0.1, 0.15) is 0 Å². The first-order valence-electron chi connectivity index (χ1n) is 3.46. The summed E-state index contributed by atoms with van der Waals surface area (Å²) in [4.78, 5) is 0. The molecule has 70 valence electrons. The summed E-state index contributed by atoms with van der Waals surface area (Å²) in [6.45, 7) is 0.366. The van der Waals surface area contributed by atoms with Gasteiger partial charge in [-0.05, 0) is 17.7 Å². The summed E-state index contributed by atoms with van der Waals surface area (Å²) in [5.41, 5.74) is 3.31. The third-order valence-corrected chi connectivity index (χ3v) is 1.87. The lowest BCUT2D eigenvalue weighted by molar-refractivity contribution is 0.612. The van der Waals surface area contributed by atoms with Crippen molar-refractivity contribution in [3.63, 3.8) is 0 Å². The Labute approximate surface area is 82.2 Å². The van der Waals surface area contributed by atoms with Crippen LogP contribution in [0.4, 0.5) is 0 Å². The van der Waals surface area contributed by atoms with Crippen molar-refractivity contribution in [1.29, 1.82) is 0 Å². The van der Waals surface area contributed by atoms with Gasteiger partial charge >= 0.3 is 10.5 Å². The number of halogens is 1. The van der Waals surface area contributed by atoms with Crippen LogP contribution in [0.15, 0.2) is 28.7 Å². The van der Waals surface area contributed by atoms with Crippen molar-refractivity contribution in [3.8, 4) is 0 Å². The van der Waals surface area contributed by atoms with Crippen molar-refractivity contribution in [2.24, 2.45) is 4.47 Å². The van der Waals surface area contributed by atoms with Crippen LogP contribution in [0.1, 0.15) is 5.56 Å². The Morgan fingerprint density at radius 1 is 1.31 bits per heavy atom. The lowest BCUT2D eigenvalue weighted by Gasteiger charge is -1.97. The highest BCUT2D eigenvalue weighted by Crippen LogP contribution is 2.08. The standard InChI is InChI=1S/C7H7ClN2O2S/c8-7-3-1-6(2-4-7)5-9-10-13(11)12/h1-4,9H,5H2. The molecule has 0 aliphatic heterocycles. The molecule has 0 aliphatic carbocycles. The summed E-state index contributed by atoms with van der Waals surface area (Å²) >= 11 is 5.65. The van der Waals surface area contributed by atoms with E-state index in [-0.39, 0.29) is 0 Å². The van der Waals surface area contributed by atoms with Crippen molar-refractivity contribution in [2.45, 2.75) is 6.54 Å². The summed E-state index contributed by atoms with van der Waals surface area (Å²) in [5.74, 6) is 0. The Balaban J connectivity index is 2.55. The molecule has 1 aromatic carbocycles. The lowest BCUT2D eigenvalue weighted by atomic mass is 10.2. The van der Waals surface area contributed by atoms with Crippen molar-refractivity contribution >= 4 is 22.1 Å². The van der Waals surface area contributed by atoms with Gasteiger partial charge in [-0.2, -0.15) is 13.8 Å². The highest BCUT2D eigenvalue weighted by molar-refractivity contribution is 7.61. The van der Waals surface area contributed by atoms with Gasteiger partial charge in [0.2, 0.25) is 0 Å². The Hall–Kier alpha value is -0.910. The number of nitrogens with one attached hydrogen (secondary N) is 1. The molecule has 0 unspecified atom stereocenters. The molecular formula is C7H7ClN2O2S. The highest BCUT2D eigenvalue weighted by Gasteiger charge is 1.90. The van der Waals surface area contributed by atoms with Crippen molar-refractivity contribution < 1.29 is 8.42 Å². The minimum absolute atomic E-state index is 0.366. The summed E-state index contributed by atoms with van der Waals surface area (Å²) in [5, 5.41) is 0.646. The van der Waals surface area contributed by atoms with E-state index in [1.807, 2.05) is 0 Å². The molecule has 1 rings (SSSR count). The third kappa shape index (κ3) is 4.02. The molecule has 0 fully saturated rings. The van der Waals surface area contributed by atoms with E-state index < -0.39 is 10.5 Å². The fraction of sp³-hybridized carbons (Fsp3) is 0.143. The van der Waals surface area contributed by atoms with Gasteiger partial charge in [0, 0.05) is 11.6 Å². The van der Waals surface area contributed by atoms with Gasteiger partial charge in [0.05, 0.1) is 0 Å². The molecule has 0 heterocycles. The van der Waals surface area contributed by atoms with Gasteiger partial charge in [-0.3, -0.25) is 0 Å². The normalized spacial score (nSPS) is 9.62. The van der Waals surface area contributed by atoms with Crippen LogP contribution in [0.2, 0.25) is 5.02 Å². The molecular weight excluding hydrogens is 212 g/mol. The summed E-state index contributed by atoms with van der Waals surface area (Å²) in [7, 11) is -2.41. The third-order valence-electron chi connectivity index (χ3n) is 1.34. The molecule has 0 atom stereocenters. The Morgan fingerprint density at radius 2 is 1.92 bits per heavy atom. The fourth-order valence-electron chi connectivity index (χ4n) is 0.779. The average molecular weight is 219 g/mol. The first-order valence-corrected chi connectivity index (χ1v) is 4.87. The van der Waals surface area contributed by atoms with Gasteiger partial charge in [-0.25, -0.2) is 0 Å². The summed E-state index contributed by atoms with van der Waals surface area (Å²) < 4.78 is 23.1. The second-order valence-electron chi connectivity index (χ2n) is 2.27. The van der Waals surface area contributed by atoms with Gasteiger partial charge in [-0.15, -0.1) is 0 Å². The predicted octanol–water partition coefficient (Wildman–Crippen LogP) is 1.41. The van der Waals surface area contributed by atoms with E-state index >= 15 is 0 Å². The summed E-state index contributed by atoms with van der Waals surface area (Å²) in [6, 6.07) is 7.04. The first-order chi connectivity index (χ1) is 6.18. The van der Waals surface area contributed by atoms with Gasteiger partial charge in [0.15, 0.2) is 0 Å². The maximum absolute atomic E-state index is 9.99. The molecule has 0 spiro atoms. The Bertz CT molecular complexity index is 391. The van der Waals surface area contributed by atoms with Crippen LogP contribution in [0, 0.1) is 0 Å². The lowest BCUT2D eigenvalue weighted by Crippen LogP contribution is -2.03. The zero-order valence-corrected chi connectivity index (χ0v) is 8.14. The smallest absolute Gasteiger partial charge is 0.194 e. The zero-order valence-electron chi connectivity index (χ0n) is 6.57. The van der Waals surface area contributed by atoms with Gasteiger partial charge in [-0.1, -0.05) is 28.2 Å². The molecule has 13 heavy (non-hydrogen) atoms. The molecule has 0 radical (unpaired) electrons. The molecule has 1 aromatic rings. The molecule has 0 amide bonds. The van der Waals surface area contributed by atoms with Crippen LogP contribution in [0.3, 0.4) is 0 Å². The molecule has 6 heteroatoms. The SMILES string of the molecule is O=S(=O)=NNCc1ccc(Cl)cc1. The highest BCUT2D eigenvalue weighted by atomic mass is 35.5.